The third kappa shape index (κ3) is 2.95. The van der Waals surface area contributed by atoms with E-state index in [1.807, 2.05) is 6.92 Å². The van der Waals surface area contributed by atoms with Gasteiger partial charge in [0.2, 0.25) is 0 Å². The van der Waals surface area contributed by atoms with Gasteiger partial charge in [0.25, 0.3) is 0 Å². The highest BCUT2D eigenvalue weighted by Crippen LogP contribution is 2.10. The largest absolute Gasteiger partial charge is 0.376 e. The fourth-order valence-electron chi connectivity index (χ4n) is 1.78. The zero-order valence-corrected chi connectivity index (χ0v) is 8.78. The Bertz CT molecular complexity index is 202. The molecule has 1 fully saturated rings. The van der Waals surface area contributed by atoms with Gasteiger partial charge < -0.3 is 10.5 Å². The zero-order valence-electron chi connectivity index (χ0n) is 8.78. The number of rotatable bonds is 3. The second-order valence-electron chi connectivity index (χ2n) is 3.63. The van der Waals surface area contributed by atoms with Crippen molar-refractivity contribution in [3.05, 3.63) is 0 Å². The van der Waals surface area contributed by atoms with Crippen LogP contribution in [0.25, 0.3) is 0 Å². The minimum absolute atomic E-state index is 0.0192. The molecule has 0 amide bonds. The van der Waals surface area contributed by atoms with Gasteiger partial charge in [-0.2, -0.15) is 5.26 Å². The summed E-state index contributed by atoms with van der Waals surface area (Å²) in [6.45, 7) is 5.08. The standard InChI is InChI=1S/C10H19N3O/c1-2-9(6-11)13-4-3-5-14-10(7-12)8-13/h9-10H,2-5,7-8,12H2,1H3. The minimum Gasteiger partial charge on any atom is -0.376 e. The number of nitrogens with zero attached hydrogens (tertiary/aromatic N) is 2. The molecular formula is C10H19N3O. The second-order valence-corrected chi connectivity index (χ2v) is 3.63. The van der Waals surface area contributed by atoms with Crippen LogP contribution in [0.2, 0.25) is 0 Å². The quantitative estimate of drug-likeness (QED) is 0.708. The SMILES string of the molecule is CCC(C#N)N1CCCOC(CN)C1. The molecule has 2 unspecified atom stereocenters. The molecular weight excluding hydrogens is 178 g/mol. The Morgan fingerprint density at radius 2 is 2.50 bits per heavy atom. The van der Waals surface area contributed by atoms with Crippen LogP contribution in [0.4, 0.5) is 0 Å². The second kappa shape index (κ2) is 5.97. The van der Waals surface area contributed by atoms with Crippen LogP contribution in [-0.4, -0.2) is 43.3 Å². The predicted octanol–water partition coefficient (Wildman–Crippen LogP) is 0.338. The van der Waals surface area contributed by atoms with Gasteiger partial charge in [-0.05, 0) is 12.8 Å². The van der Waals surface area contributed by atoms with Gasteiger partial charge in [-0.3, -0.25) is 4.90 Å². The Hall–Kier alpha value is -0.630. The Morgan fingerprint density at radius 3 is 3.07 bits per heavy atom. The lowest BCUT2D eigenvalue weighted by Crippen LogP contribution is -2.41. The van der Waals surface area contributed by atoms with Crippen molar-refractivity contribution in [1.82, 2.24) is 4.90 Å². The van der Waals surface area contributed by atoms with Crippen molar-refractivity contribution in [3.63, 3.8) is 0 Å². The van der Waals surface area contributed by atoms with E-state index in [4.69, 9.17) is 15.7 Å². The molecule has 1 aliphatic heterocycles. The summed E-state index contributed by atoms with van der Waals surface area (Å²) in [4.78, 5) is 2.19. The summed E-state index contributed by atoms with van der Waals surface area (Å²) in [5.41, 5.74) is 5.58. The number of ether oxygens (including phenoxy) is 1. The molecule has 0 spiro atoms. The van der Waals surface area contributed by atoms with Crippen molar-refractivity contribution < 1.29 is 4.74 Å². The van der Waals surface area contributed by atoms with Gasteiger partial charge in [-0.25, -0.2) is 0 Å². The molecule has 80 valence electrons. The average Bonchev–Trinajstić information content (AvgIpc) is 2.45. The Balaban J connectivity index is 2.54. The van der Waals surface area contributed by atoms with E-state index in [2.05, 4.69) is 11.0 Å². The van der Waals surface area contributed by atoms with E-state index in [1.165, 1.54) is 0 Å². The Labute approximate surface area is 85.6 Å². The first-order chi connectivity index (χ1) is 6.81. The van der Waals surface area contributed by atoms with Gasteiger partial charge in [0.15, 0.2) is 0 Å². The molecule has 1 saturated heterocycles. The van der Waals surface area contributed by atoms with E-state index in [0.29, 0.717) is 6.54 Å². The monoisotopic (exact) mass is 197 g/mol. The van der Waals surface area contributed by atoms with Crippen LogP contribution in [-0.2, 0) is 4.74 Å². The van der Waals surface area contributed by atoms with E-state index in [9.17, 15) is 0 Å². The lowest BCUT2D eigenvalue weighted by molar-refractivity contribution is 0.0572. The molecule has 0 aromatic heterocycles. The number of nitriles is 1. The van der Waals surface area contributed by atoms with Crippen molar-refractivity contribution in [2.75, 3.05) is 26.2 Å². The van der Waals surface area contributed by atoms with Crippen LogP contribution in [0.1, 0.15) is 19.8 Å². The summed E-state index contributed by atoms with van der Waals surface area (Å²) in [5.74, 6) is 0. The smallest absolute Gasteiger partial charge is 0.0976 e. The molecule has 2 atom stereocenters. The molecule has 14 heavy (non-hydrogen) atoms. The predicted molar refractivity (Wildman–Crippen MR) is 54.7 cm³/mol. The summed E-state index contributed by atoms with van der Waals surface area (Å²) in [6, 6.07) is 2.34. The van der Waals surface area contributed by atoms with Gasteiger partial charge in [0, 0.05) is 26.2 Å². The molecule has 2 N–H and O–H groups in total. The van der Waals surface area contributed by atoms with Crippen molar-refractivity contribution in [1.29, 1.82) is 5.26 Å². The number of hydrogen-bond donors (Lipinski definition) is 1. The molecule has 4 nitrogen and oxygen atoms in total. The maximum Gasteiger partial charge on any atom is 0.0976 e. The summed E-state index contributed by atoms with van der Waals surface area (Å²) >= 11 is 0. The van der Waals surface area contributed by atoms with Crippen LogP contribution in [0, 0.1) is 11.3 Å². The maximum atomic E-state index is 8.97. The first-order valence-electron chi connectivity index (χ1n) is 5.27. The molecule has 0 bridgehead atoms. The third-order valence-electron chi connectivity index (χ3n) is 2.62. The molecule has 0 aliphatic carbocycles. The van der Waals surface area contributed by atoms with Crippen molar-refractivity contribution >= 4 is 0 Å². The molecule has 4 heteroatoms. The minimum atomic E-state index is 0.0192. The molecule has 1 aliphatic rings. The normalized spacial score (nSPS) is 26.5. The van der Waals surface area contributed by atoms with Gasteiger partial charge in [0.1, 0.15) is 0 Å². The Kier molecular flexibility index (Phi) is 4.88. The molecule has 0 saturated carbocycles. The fourth-order valence-corrected chi connectivity index (χ4v) is 1.78. The van der Waals surface area contributed by atoms with E-state index in [-0.39, 0.29) is 12.1 Å². The highest BCUT2D eigenvalue weighted by molar-refractivity contribution is 4.92. The number of hydrogen-bond acceptors (Lipinski definition) is 4. The lowest BCUT2D eigenvalue weighted by Gasteiger charge is -2.26. The molecule has 0 radical (unpaired) electrons. The highest BCUT2D eigenvalue weighted by Gasteiger charge is 2.22. The van der Waals surface area contributed by atoms with Gasteiger partial charge >= 0.3 is 0 Å². The molecule has 0 aromatic carbocycles. The van der Waals surface area contributed by atoms with E-state index >= 15 is 0 Å². The van der Waals surface area contributed by atoms with Crippen LogP contribution >= 0.6 is 0 Å². The summed E-state index contributed by atoms with van der Waals surface area (Å²) in [5, 5.41) is 8.97. The zero-order chi connectivity index (χ0) is 10.4. The van der Waals surface area contributed by atoms with Crippen LogP contribution in [0.5, 0.6) is 0 Å². The Morgan fingerprint density at radius 1 is 1.71 bits per heavy atom. The third-order valence-corrected chi connectivity index (χ3v) is 2.62. The lowest BCUT2D eigenvalue weighted by atomic mass is 10.2. The average molecular weight is 197 g/mol. The van der Waals surface area contributed by atoms with E-state index < -0.39 is 0 Å². The number of nitrogens with two attached hydrogens (primary N) is 1. The van der Waals surface area contributed by atoms with Gasteiger partial charge in [-0.1, -0.05) is 6.92 Å². The topological polar surface area (TPSA) is 62.3 Å². The molecule has 1 heterocycles. The van der Waals surface area contributed by atoms with Gasteiger partial charge in [0.05, 0.1) is 18.2 Å². The highest BCUT2D eigenvalue weighted by atomic mass is 16.5. The maximum absolute atomic E-state index is 8.97. The first kappa shape index (κ1) is 11.4. The summed E-state index contributed by atoms with van der Waals surface area (Å²) in [6.07, 6.45) is 1.96. The molecule has 0 aromatic rings. The van der Waals surface area contributed by atoms with E-state index in [1.54, 1.807) is 0 Å². The van der Waals surface area contributed by atoms with Crippen LogP contribution in [0.15, 0.2) is 0 Å². The van der Waals surface area contributed by atoms with Gasteiger partial charge in [-0.15, -0.1) is 0 Å². The summed E-state index contributed by atoms with van der Waals surface area (Å²) < 4.78 is 5.55. The molecule has 1 rings (SSSR count). The summed E-state index contributed by atoms with van der Waals surface area (Å²) in [7, 11) is 0. The van der Waals surface area contributed by atoms with Crippen LogP contribution < -0.4 is 5.73 Å². The van der Waals surface area contributed by atoms with E-state index in [0.717, 1.165) is 32.5 Å². The van der Waals surface area contributed by atoms with Crippen molar-refractivity contribution in [3.8, 4) is 6.07 Å². The first-order valence-corrected chi connectivity index (χ1v) is 5.27. The van der Waals surface area contributed by atoms with Crippen molar-refractivity contribution in [2.24, 2.45) is 5.73 Å². The van der Waals surface area contributed by atoms with Crippen LogP contribution in [0.3, 0.4) is 0 Å². The van der Waals surface area contributed by atoms with Crippen molar-refractivity contribution in [2.45, 2.75) is 31.9 Å². The fraction of sp³-hybridized carbons (Fsp3) is 0.900.